The number of anilines is 1. The van der Waals surface area contributed by atoms with Gasteiger partial charge in [-0.05, 0) is 12.1 Å². The van der Waals surface area contributed by atoms with Crippen molar-refractivity contribution in [3.63, 3.8) is 0 Å². The Labute approximate surface area is 111 Å². The van der Waals surface area contributed by atoms with Gasteiger partial charge in [-0.1, -0.05) is 0 Å². The summed E-state index contributed by atoms with van der Waals surface area (Å²) in [6.07, 6.45) is 0.123. The summed E-state index contributed by atoms with van der Waals surface area (Å²) in [5.41, 5.74) is 0.409. The SMILES string of the molecule is COc1ccc(NC(=O)CC2CNCCO2)cc1F. The zero-order chi connectivity index (χ0) is 13.7. The van der Waals surface area contributed by atoms with E-state index in [0.29, 0.717) is 18.8 Å². The van der Waals surface area contributed by atoms with Crippen LogP contribution in [0.5, 0.6) is 5.75 Å². The van der Waals surface area contributed by atoms with Gasteiger partial charge in [0, 0.05) is 24.8 Å². The van der Waals surface area contributed by atoms with E-state index in [0.717, 1.165) is 6.54 Å². The van der Waals surface area contributed by atoms with E-state index in [-0.39, 0.29) is 24.2 Å². The predicted octanol–water partition coefficient (Wildman–Crippen LogP) is 1.15. The van der Waals surface area contributed by atoms with E-state index in [1.54, 1.807) is 6.07 Å². The number of morpholine rings is 1. The number of rotatable bonds is 4. The Hall–Kier alpha value is -1.66. The maximum absolute atomic E-state index is 13.4. The van der Waals surface area contributed by atoms with Crippen molar-refractivity contribution in [3.05, 3.63) is 24.0 Å². The quantitative estimate of drug-likeness (QED) is 0.860. The average molecular weight is 268 g/mol. The zero-order valence-corrected chi connectivity index (χ0v) is 10.7. The number of ether oxygens (including phenoxy) is 2. The second-order valence-electron chi connectivity index (χ2n) is 4.30. The highest BCUT2D eigenvalue weighted by Gasteiger charge is 2.17. The molecule has 2 N–H and O–H groups in total. The number of benzene rings is 1. The van der Waals surface area contributed by atoms with Crippen LogP contribution in [0.4, 0.5) is 10.1 Å². The van der Waals surface area contributed by atoms with Gasteiger partial charge in [-0.15, -0.1) is 0 Å². The number of carbonyl (C=O) groups excluding carboxylic acids is 1. The topological polar surface area (TPSA) is 59.6 Å². The summed E-state index contributed by atoms with van der Waals surface area (Å²) in [6, 6.07) is 4.31. The fraction of sp³-hybridized carbons (Fsp3) is 0.462. The Morgan fingerprint density at radius 2 is 2.47 bits per heavy atom. The van der Waals surface area contributed by atoms with Crippen molar-refractivity contribution in [2.75, 3.05) is 32.1 Å². The fourth-order valence-corrected chi connectivity index (χ4v) is 1.91. The van der Waals surface area contributed by atoms with Gasteiger partial charge in [-0.25, -0.2) is 4.39 Å². The molecule has 0 aliphatic carbocycles. The molecule has 1 aliphatic heterocycles. The van der Waals surface area contributed by atoms with Crippen molar-refractivity contribution in [1.29, 1.82) is 0 Å². The molecule has 1 aromatic rings. The average Bonchev–Trinajstić information content (AvgIpc) is 2.40. The van der Waals surface area contributed by atoms with Gasteiger partial charge in [-0.2, -0.15) is 0 Å². The van der Waals surface area contributed by atoms with Crippen LogP contribution in [-0.4, -0.2) is 38.8 Å². The smallest absolute Gasteiger partial charge is 0.227 e. The van der Waals surface area contributed by atoms with Gasteiger partial charge in [0.05, 0.1) is 26.2 Å². The minimum atomic E-state index is -0.504. The van der Waals surface area contributed by atoms with Gasteiger partial charge in [0.2, 0.25) is 5.91 Å². The third kappa shape index (κ3) is 3.90. The summed E-state index contributed by atoms with van der Waals surface area (Å²) in [4.78, 5) is 11.8. The molecule has 1 atom stereocenters. The third-order valence-corrected chi connectivity index (χ3v) is 2.85. The molecule has 1 fully saturated rings. The monoisotopic (exact) mass is 268 g/mol. The molecule has 1 aliphatic rings. The highest BCUT2D eigenvalue weighted by molar-refractivity contribution is 5.91. The number of nitrogens with one attached hydrogen (secondary N) is 2. The van der Waals surface area contributed by atoms with E-state index in [2.05, 4.69) is 10.6 Å². The summed E-state index contributed by atoms with van der Waals surface area (Å²) in [5, 5.41) is 5.79. The van der Waals surface area contributed by atoms with E-state index >= 15 is 0 Å². The Balaban J connectivity index is 1.89. The lowest BCUT2D eigenvalue weighted by molar-refractivity contribution is -0.119. The maximum atomic E-state index is 13.4. The normalized spacial score (nSPS) is 18.9. The van der Waals surface area contributed by atoms with Crippen molar-refractivity contribution in [2.45, 2.75) is 12.5 Å². The van der Waals surface area contributed by atoms with Crippen LogP contribution in [0, 0.1) is 5.82 Å². The number of halogens is 1. The highest BCUT2D eigenvalue weighted by atomic mass is 19.1. The van der Waals surface area contributed by atoms with Gasteiger partial charge in [0.25, 0.3) is 0 Å². The van der Waals surface area contributed by atoms with Gasteiger partial charge in [0.15, 0.2) is 11.6 Å². The molecule has 1 amide bonds. The number of methoxy groups -OCH3 is 1. The fourth-order valence-electron chi connectivity index (χ4n) is 1.91. The predicted molar refractivity (Wildman–Crippen MR) is 68.8 cm³/mol. The molecule has 1 saturated heterocycles. The van der Waals surface area contributed by atoms with E-state index in [9.17, 15) is 9.18 Å². The van der Waals surface area contributed by atoms with Crippen LogP contribution in [0.3, 0.4) is 0 Å². The molecule has 6 heteroatoms. The second kappa shape index (κ2) is 6.49. The van der Waals surface area contributed by atoms with Crippen LogP contribution in [0.25, 0.3) is 0 Å². The van der Waals surface area contributed by atoms with E-state index in [4.69, 9.17) is 9.47 Å². The molecule has 1 aromatic carbocycles. The lowest BCUT2D eigenvalue weighted by Crippen LogP contribution is -2.40. The summed E-state index contributed by atoms with van der Waals surface area (Å²) in [7, 11) is 1.39. The first-order valence-electron chi connectivity index (χ1n) is 6.15. The Morgan fingerprint density at radius 1 is 1.63 bits per heavy atom. The molecular formula is C13H17FN2O3. The van der Waals surface area contributed by atoms with Gasteiger partial charge < -0.3 is 20.1 Å². The molecule has 0 radical (unpaired) electrons. The molecule has 19 heavy (non-hydrogen) atoms. The van der Waals surface area contributed by atoms with Crippen molar-refractivity contribution >= 4 is 11.6 Å². The van der Waals surface area contributed by atoms with Crippen LogP contribution in [0.1, 0.15) is 6.42 Å². The van der Waals surface area contributed by atoms with Gasteiger partial charge >= 0.3 is 0 Å². The lowest BCUT2D eigenvalue weighted by atomic mass is 10.2. The van der Waals surface area contributed by atoms with Crippen molar-refractivity contribution in [2.24, 2.45) is 0 Å². The number of carbonyl (C=O) groups is 1. The Bertz CT molecular complexity index is 448. The molecule has 5 nitrogen and oxygen atoms in total. The number of hydrogen-bond acceptors (Lipinski definition) is 4. The van der Waals surface area contributed by atoms with Crippen LogP contribution >= 0.6 is 0 Å². The maximum Gasteiger partial charge on any atom is 0.227 e. The number of amides is 1. The molecular weight excluding hydrogens is 251 g/mol. The Morgan fingerprint density at radius 3 is 3.11 bits per heavy atom. The molecule has 0 saturated carbocycles. The largest absolute Gasteiger partial charge is 0.494 e. The number of hydrogen-bond donors (Lipinski definition) is 2. The summed E-state index contributed by atoms with van der Waals surface area (Å²) < 4.78 is 23.7. The minimum Gasteiger partial charge on any atom is -0.494 e. The molecule has 1 heterocycles. The molecule has 104 valence electrons. The molecule has 0 aromatic heterocycles. The molecule has 0 spiro atoms. The summed E-state index contributed by atoms with van der Waals surface area (Å²) in [6.45, 7) is 2.07. The van der Waals surface area contributed by atoms with E-state index in [1.807, 2.05) is 0 Å². The van der Waals surface area contributed by atoms with Gasteiger partial charge in [0.1, 0.15) is 0 Å². The summed E-state index contributed by atoms with van der Waals surface area (Å²) >= 11 is 0. The van der Waals surface area contributed by atoms with E-state index < -0.39 is 5.82 Å². The van der Waals surface area contributed by atoms with Gasteiger partial charge in [-0.3, -0.25) is 4.79 Å². The Kier molecular flexibility index (Phi) is 4.70. The van der Waals surface area contributed by atoms with Crippen LogP contribution in [0.2, 0.25) is 0 Å². The standard InChI is InChI=1S/C13H17FN2O3/c1-18-12-3-2-9(6-11(12)14)16-13(17)7-10-8-15-4-5-19-10/h2-3,6,10,15H,4-5,7-8H2,1H3,(H,16,17). The van der Waals surface area contributed by atoms with Crippen LogP contribution in [0.15, 0.2) is 18.2 Å². The first-order chi connectivity index (χ1) is 9.19. The van der Waals surface area contributed by atoms with Crippen LogP contribution < -0.4 is 15.4 Å². The highest BCUT2D eigenvalue weighted by Crippen LogP contribution is 2.20. The molecule has 1 unspecified atom stereocenters. The second-order valence-corrected chi connectivity index (χ2v) is 4.30. The molecule has 2 rings (SSSR count). The first kappa shape index (κ1) is 13.8. The van der Waals surface area contributed by atoms with Crippen molar-refractivity contribution in [1.82, 2.24) is 5.32 Å². The zero-order valence-electron chi connectivity index (χ0n) is 10.7. The minimum absolute atomic E-state index is 0.128. The van der Waals surface area contributed by atoms with E-state index in [1.165, 1.54) is 19.2 Å². The molecule has 0 bridgehead atoms. The lowest BCUT2D eigenvalue weighted by Gasteiger charge is -2.23. The van der Waals surface area contributed by atoms with Crippen LogP contribution in [-0.2, 0) is 9.53 Å². The summed E-state index contributed by atoms with van der Waals surface area (Å²) in [5.74, 6) is -0.549. The van der Waals surface area contributed by atoms with Crippen molar-refractivity contribution < 1.29 is 18.7 Å². The third-order valence-electron chi connectivity index (χ3n) is 2.85. The first-order valence-corrected chi connectivity index (χ1v) is 6.15. The van der Waals surface area contributed by atoms with Crippen molar-refractivity contribution in [3.8, 4) is 5.75 Å².